The van der Waals surface area contributed by atoms with Crippen LogP contribution in [0, 0.1) is 12.7 Å². The monoisotopic (exact) mass is 461 g/mol. The number of allylic oxidation sites excluding steroid dienone is 1. The van der Waals surface area contributed by atoms with Gasteiger partial charge in [-0.3, -0.25) is 14.9 Å². The van der Waals surface area contributed by atoms with Gasteiger partial charge in [0.05, 0.1) is 11.2 Å². The third-order valence-corrected chi connectivity index (χ3v) is 6.20. The highest BCUT2D eigenvalue weighted by Gasteiger charge is 2.37. The molecule has 1 fully saturated rings. The second-order valence-corrected chi connectivity index (χ2v) is 9.32. The number of carbonyl (C=O) groups is 3. The van der Waals surface area contributed by atoms with Crippen LogP contribution in [-0.2, 0) is 9.59 Å². The van der Waals surface area contributed by atoms with E-state index in [1.165, 1.54) is 12.1 Å². The average Bonchev–Trinajstić information content (AvgIpc) is 2.74. The quantitative estimate of drug-likeness (QED) is 0.501. The van der Waals surface area contributed by atoms with E-state index in [0.29, 0.717) is 5.69 Å². The highest BCUT2D eigenvalue weighted by Crippen LogP contribution is 2.40. The summed E-state index contributed by atoms with van der Waals surface area (Å²) in [4.78, 5) is 41.2. The minimum Gasteiger partial charge on any atom is -0.362 e. The van der Waals surface area contributed by atoms with Crippen molar-refractivity contribution in [1.29, 1.82) is 0 Å². The van der Waals surface area contributed by atoms with Crippen molar-refractivity contribution in [2.24, 2.45) is 0 Å². The summed E-state index contributed by atoms with van der Waals surface area (Å²) >= 11 is 0. The van der Waals surface area contributed by atoms with Crippen molar-refractivity contribution in [3.63, 3.8) is 0 Å². The maximum Gasteiger partial charge on any atom is 0.335 e. The summed E-state index contributed by atoms with van der Waals surface area (Å²) in [5, 5.41) is 2.19. The van der Waals surface area contributed by atoms with E-state index in [1.54, 1.807) is 24.3 Å². The van der Waals surface area contributed by atoms with E-state index in [2.05, 4.69) is 37.1 Å². The molecule has 2 aromatic carbocycles. The topological polar surface area (TPSA) is 69.7 Å². The predicted octanol–water partition coefficient (Wildman–Crippen LogP) is 5.21. The van der Waals surface area contributed by atoms with Crippen LogP contribution in [0.25, 0.3) is 11.6 Å². The SMILES string of the molecule is CCCN1c2cc(F)c(/C=C3/C(=O)NC(=O)N(c4cccc(C)c4)C3=O)cc2C(C)=CC1(C)C. The number of hydrogen-bond acceptors (Lipinski definition) is 4. The van der Waals surface area contributed by atoms with Crippen LogP contribution in [0.4, 0.5) is 20.6 Å². The van der Waals surface area contributed by atoms with Gasteiger partial charge in [-0.25, -0.2) is 14.1 Å². The van der Waals surface area contributed by atoms with Crippen molar-refractivity contribution in [3.8, 4) is 0 Å². The number of halogens is 1. The first-order valence-corrected chi connectivity index (χ1v) is 11.3. The van der Waals surface area contributed by atoms with Gasteiger partial charge in [0.25, 0.3) is 11.8 Å². The zero-order valence-corrected chi connectivity index (χ0v) is 20.0. The van der Waals surface area contributed by atoms with E-state index in [9.17, 15) is 14.4 Å². The lowest BCUT2D eigenvalue weighted by molar-refractivity contribution is -0.122. The molecule has 176 valence electrons. The lowest BCUT2D eigenvalue weighted by Gasteiger charge is -2.43. The van der Waals surface area contributed by atoms with Crippen LogP contribution in [0.2, 0.25) is 0 Å². The number of rotatable bonds is 4. The van der Waals surface area contributed by atoms with Gasteiger partial charge in [0.2, 0.25) is 0 Å². The molecular weight excluding hydrogens is 433 g/mol. The van der Waals surface area contributed by atoms with Crippen LogP contribution in [0.15, 0.2) is 48.0 Å². The number of anilines is 2. The predicted molar refractivity (Wildman–Crippen MR) is 132 cm³/mol. The maximum atomic E-state index is 15.3. The summed E-state index contributed by atoms with van der Waals surface area (Å²) in [6, 6.07) is 9.11. The Morgan fingerprint density at radius 2 is 1.82 bits per heavy atom. The fourth-order valence-corrected chi connectivity index (χ4v) is 4.67. The van der Waals surface area contributed by atoms with Gasteiger partial charge in [-0.2, -0.15) is 0 Å². The number of imide groups is 2. The summed E-state index contributed by atoms with van der Waals surface area (Å²) in [7, 11) is 0. The maximum absolute atomic E-state index is 15.3. The normalized spacial score (nSPS) is 18.7. The van der Waals surface area contributed by atoms with Crippen molar-refractivity contribution >= 4 is 40.9 Å². The van der Waals surface area contributed by atoms with Crippen LogP contribution in [0.3, 0.4) is 0 Å². The minimum absolute atomic E-state index is 0.111. The third kappa shape index (κ3) is 4.02. The molecule has 0 radical (unpaired) electrons. The van der Waals surface area contributed by atoms with Gasteiger partial charge in [0.1, 0.15) is 11.4 Å². The zero-order chi connectivity index (χ0) is 24.8. The number of hydrogen-bond donors (Lipinski definition) is 1. The second kappa shape index (κ2) is 8.56. The van der Waals surface area contributed by atoms with Gasteiger partial charge in [-0.15, -0.1) is 0 Å². The molecule has 1 N–H and O–H groups in total. The molecule has 2 aliphatic rings. The van der Waals surface area contributed by atoms with Crippen molar-refractivity contribution in [3.05, 3.63) is 70.6 Å². The van der Waals surface area contributed by atoms with Gasteiger partial charge in [-0.05, 0) is 75.6 Å². The number of nitrogens with one attached hydrogen (secondary N) is 1. The summed E-state index contributed by atoms with van der Waals surface area (Å²) in [6.07, 6.45) is 4.26. The second-order valence-electron chi connectivity index (χ2n) is 9.32. The molecule has 0 aromatic heterocycles. The number of fused-ring (bicyclic) bond motifs is 1. The third-order valence-electron chi connectivity index (χ3n) is 6.20. The van der Waals surface area contributed by atoms with Crippen LogP contribution in [0.5, 0.6) is 0 Å². The first-order chi connectivity index (χ1) is 16.0. The van der Waals surface area contributed by atoms with Gasteiger partial charge < -0.3 is 4.90 Å². The summed E-state index contributed by atoms with van der Waals surface area (Å²) < 4.78 is 15.3. The van der Waals surface area contributed by atoms with Crippen LogP contribution >= 0.6 is 0 Å². The number of aryl methyl sites for hydroxylation is 1. The average molecular weight is 462 g/mol. The zero-order valence-electron chi connectivity index (χ0n) is 20.0. The Labute approximate surface area is 198 Å². The number of amides is 4. The van der Waals surface area contributed by atoms with E-state index < -0.39 is 23.7 Å². The molecule has 0 aliphatic carbocycles. The van der Waals surface area contributed by atoms with Crippen molar-refractivity contribution < 1.29 is 18.8 Å². The van der Waals surface area contributed by atoms with E-state index >= 15 is 4.39 Å². The van der Waals surface area contributed by atoms with E-state index in [-0.39, 0.29) is 16.7 Å². The Hall–Kier alpha value is -3.74. The number of nitrogens with zero attached hydrogens (tertiary/aromatic N) is 2. The van der Waals surface area contributed by atoms with Crippen molar-refractivity contribution in [1.82, 2.24) is 5.32 Å². The summed E-state index contributed by atoms with van der Waals surface area (Å²) in [6.45, 7) is 10.8. The molecule has 4 rings (SSSR count). The van der Waals surface area contributed by atoms with Crippen LogP contribution < -0.4 is 15.1 Å². The lowest BCUT2D eigenvalue weighted by Crippen LogP contribution is -2.54. The van der Waals surface area contributed by atoms with E-state index in [0.717, 1.165) is 40.3 Å². The number of urea groups is 1. The van der Waals surface area contributed by atoms with Gasteiger partial charge in [0.15, 0.2) is 0 Å². The number of barbiturate groups is 1. The Morgan fingerprint density at radius 1 is 1.09 bits per heavy atom. The Bertz CT molecular complexity index is 1280. The molecule has 2 aliphatic heterocycles. The van der Waals surface area contributed by atoms with E-state index in [1.807, 2.05) is 19.9 Å². The van der Waals surface area contributed by atoms with E-state index in [4.69, 9.17) is 0 Å². The number of benzene rings is 2. The fourth-order valence-electron chi connectivity index (χ4n) is 4.67. The van der Waals surface area contributed by atoms with Crippen molar-refractivity contribution in [2.75, 3.05) is 16.3 Å². The van der Waals surface area contributed by atoms with Crippen molar-refractivity contribution in [2.45, 2.75) is 46.6 Å². The smallest absolute Gasteiger partial charge is 0.335 e. The molecule has 0 spiro atoms. The summed E-state index contributed by atoms with van der Waals surface area (Å²) in [5.74, 6) is -2.19. The molecule has 0 unspecified atom stereocenters. The molecule has 2 heterocycles. The first-order valence-electron chi connectivity index (χ1n) is 11.3. The van der Waals surface area contributed by atoms with Crippen LogP contribution in [-0.4, -0.2) is 29.9 Å². The van der Waals surface area contributed by atoms with Crippen LogP contribution in [0.1, 0.15) is 50.8 Å². The Balaban J connectivity index is 1.79. The largest absolute Gasteiger partial charge is 0.362 e. The Kier molecular flexibility index (Phi) is 5.89. The molecule has 7 heteroatoms. The molecule has 6 nitrogen and oxygen atoms in total. The molecule has 4 amide bonds. The molecule has 0 bridgehead atoms. The molecule has 34 heavy (non-hydrogen) atoms. The fraction of sp³-hybridized carbons (Fsp3) is 0.296. The molecule has 0 atom stereocenters. The minimum atomic E-state index is -0.850. The highest BCUT2D eigenvalue weighted by molar-refractivity contribution is 6.39. The van der Waals surface area contributed by atoms with Gasteiger partial charge >= 0.3 is 6.03 Å². The molecule has 0 saturated carbocycles. The Morgan fingerprint density at radius 3 is 2.50 bits per heavy atom. The van der Waals surface area contributed by atoms with Gasteiger partial charge in [0, 0.05) is 23.4 Å². The first kappa shape index (κ1) is 23.4. The number of carbonyl (C=O) groups excluding carboxylic acids is 3. The molecular formula is C27H28FN3O3. The standard InChI is InChI=1S/C27H28FN3O3/c1-6-10-30-23-14-22(28)18(12-20(23)17(3)15-27(30,4)5)13-21-24(32)29-26(34)31(25(21)33)19-9-7-8-16(2)11-19/h7-9,11-15H,6,10H2,1-5H3,(H,29,32,34)/b21-13-. The van der Waals surface area contributed by atoms with Gasteiger partial charge in [-0.1, -0.05) is 25.1 Å². The highest BCUT2D eigenvalue weighted by atomic mass is 19.1. The lowest BCUT2D eigenvalue weighted by atomic mass is 9.87. The molecule has 2 aromatic rings. The summed E-state index contributed by atoms with van der Waals surface area (Å²) in [5.41, 5.74) is 3.34. The molecule has 1 saturated heterocycles.